The molecule has 1 N–H and O–H groups in total. The Kier molecular flexibility index (Phi) is 3.75. The molecule has 0 fully saturated rings. The number of phenols is 1. The van der Waals surface area contributed by atoms with Crippen molar-refractivity contribution in [3.05, 3.63) is 52.2 Å². The van der Waals surface area contributed by atoms with E-state index >= 15 is 0 Å². The van der Waals surface area contributed by atoms with Gasteiger partial charge in [0, 0.05) is 18.4 Å². The molecule has 4 nitrogen and oxygen atoms in total. The summed E-state index contributed by atoms with van der Waals surface area (Å²) in [6.07, 6.45) is 1.02. The zero-order chi connectivity index (χ0) is 14.8. The Hall–Kier alpha value is -2.14. The third-order valence-electron chi connectivity index (χ3n) is 3.57. The lowest BCUT2D eigenvalue weighted by molar-refractivity contribution is -0.132. The third-order valence-corrected chi connectivity index (χ3v) is 4.49. The Morgan fingerprint density at radius 1 is 1.38 bits per heavy atom. The molecule has 0 bridgehead atoms. The number of amides is 1. The first-order valence-electron chi connectivity index (χ1n) is 6.92. The molecule has 1 amide bonds. The first-order chi connectivity index (χ1) is 10.2. The average molecular weight is 300 g/mol. The maximum atomic E-state index is 12.2. The quantitative estimate of drug-likeness (QED) is 0.942. The topological polar surface area (TPSA) is 52.9 Å². The van der Waals surface area contributed by atoms with E-state index in [1.54, 1.807) is 23.5 Å². The maximum absolute atomic E-state index is 12.2. The van der Waals surface area contributed by atoms with Gasteiger partial charge in [-0.15, -0.1) is 11.3 Å². The molecule has 5 heteroatoms. The molecule has 1 aliphatic heterocycles. The molecule has 0 radical (unpaired) electrons. The van der Waals surface area contributed by atoms with E-state index in [-0.39, 0.29) is 17.7 Å². The molecule has 3 rings (SSSR count). The van der Waals surface area contributed by atoms with Gasteiger partial charge in [-0.1, -0.05) is 31.2 Å². The molecule has 1 aromatic carbocycles. The zero-order valence-electron chi connectivity index (χ0n) is 11.7. The molecule has 21 heavy (non-hydrogen) atoms. The van der Waals surface area contributed by atoms with Gasteiger partial charge in [-0.2, -0.15) is 5.10 Å². The fraction of sp³-hybridized carbons (Fsp3) is 0.250. The number of carbonyl (C=O) groups is 1. The molecule has 2 heterocycles. The van der Waals surface area contributed by atoms with Crippen molar-refractivity contribution in [3.8, 4) is 5.75 Å². The second-order valence-electron chi connectivity index (χ2n) is 4.89. The van der Waals surface area contributed by atoms with Crippen LogP contribution in [0, 0.1) is 0 Å². The lowest BCUT2D eigenvalue weighted by Gasteiger charge is -2.22. The number of rotatable bonds is 3. The van der Waals surface area contributed by atoms with Crippen LogP contribution in [0.15, 0.2) is 46.9 Å². The van der Waals surface area contributed by atoms with Crippen LogP contribution in [0.2, 0.25) is 0 Å². The van der Waals surface area contributed by atoms with Crippen molar-refractivity contribution >= 4 is 23.0 Å². The van der Waals surface area contributed by atoms with Crippen LogP contribution in [0.3, 0.4) is 0 Å². The van der Waals surface area contributed by atoms with Gasteiger partial charge in [0.15, 0.2) is 0 Å². The van der Waals surface area contributed by atoms with Gasteiger partial charge in [-0.05, 0) is 17.5 Å². The largest absolute Gasteiger partial charge is 0.508 e. The SMILES string of the molecule is CCC(=O)N1N=C(c2cccs2)CC1c1ccccc1O. The first-order valence-corrected chi connectivity index (χ1v) is 7.80. The fourth-order valence-electron chi connectivity index (χ4n) is 2.51. The molecule has 0 aliphatic carbocycles. The van der Waals surface area contributed by atoms with Crippen LogP contribution in [-0.4, -0.2) is 21.7 Å². The van der Waals surface area contributed by atoms with Crippen LogP contribution < -0.4 is 0 Å². The Labute approximate surface area is 127 Å². The van der Waals surface area contributed by atoms with E-state index in [0.29, 0.717) is 12.8 Å². The molecule has 0 saturated carbocycles. The Balaban J connectivity index is 1.98. The number of hydrogen-bond acceptors (Lipinski definition) is 4. The Morgan fingerprint density at radius 3 is 2.86 bits per heavy atom. The number of hydrogen-bond donors (Lipinski definition) is 1. The number of nitrogens with zero attached hydrogens (tertiary/aromatic N) is 2. The van der Waals surface area contributed by atoms with Crippen LogP contribution in [0.4, 0.5) is 0 Å². The number of benzene rings is 1. The van der Waals surface area contributed by atoms with Crippen molar-refractivity contribution in [3.63, 3.8) is 0 Å². The summed E-state index contributed by atoms with van der Waals surface area (Å²) in [6.45, 7) is 1.82. The first kappa shape index (κ1) is 13.8. The minimum atomic E-state index is -0.226. The number of phenolic OH excluding ortho intramolecular Hbond substituents is 1. The molecule has 1 aromatic heterocycles. The highest BCUT2D eigenvalue weighted by atomic mass is 32.1. The summed E-state index contributed by atoms with van der Waals surface area (Å²) in [4.78, 5) is 13.2. The number of carbonyl (C=O) groups excluding carboxylic acids is 1. The van der Waals surface area contributed by atoms with Gasteiger partial charge < -0.3 is 5.11 Å². The minimum Gasteiger partial charge on any atom is -0.508 e. The lowest BCUT2D eigenvalue weighted by atomic mass is 10.00. The summed E-state index contributed by atoms with van der Waals surface area (Å²) in [7, 11) is 0. The van der Waals surface area contributed by atoms with Crippen LogP contribution in [0.1, 0.15) is 36.2 Å². The fourth-order valence-corrected chi connectivity index (χ4v) is 3.23. The summed E-state index contributed by atoms with van der Waals surface area (Å²) >= 11 is 1.61. The predicted molar refractivity (Wildman–Crippen MR) is 83.5 cm³/mol. The predicted octanol–water partition coefficient (Wildman–Crippen LogP) is 3.54. The standard InChI is InChI=1S/C16H16N2O2S/c1-2-16(20)18-13(11-6-3-4-7-14(11)19)10-12(17-18)15-8-5-9-21-15/h3-9,13,19H,2,10H2,1H3. The smallest absolute Gasteiger partial charge is 0.242 e. The molecule has 108 valence electrons. The van der Waals surface area contributed by atoms with Gasteiger partial charge >= 0.3 is 0 Å². The average Bonchev–Trinajstić information content (AvgIpc) is 3.16. The van der Waals surface area contributed by atoms with Gasteiger partial charge in [-0.25, -0.2) is 5.01 Å². The van der Waals surface area contributed by atoms with E-state index in [1.165, 1.54) is 5.01 Å². The molecule has 1 aliphatic rings. The molecule has 1 unspecified atom stereocenters. The van der Waals surface area contributed by atoms with Crippen molar-refractivity contribution in [2.24, 2.45) is 5.10 Å². The zero-order valence-corrected chi connectivity index (χ0v) is 12.5. The van der Waals surface area contributed by atoms with E-state index in [2.05, 4.69) is 5.10 Å². The van der Waals surface area contributed by atoms with Gasteiger partial charge in [0.1, 0.15) is 5.75 Å². The van der Waals surface area contributed by atoms with E-state index < -0.39 is 0 Å². The number of thiophene rings is 1. The van der Waals surface area contributed by atoms with Crippen molar-refractivity contribution in [2.45, 2.75) is 25.8 Å². The van der Waals surface area contributed by atoms with Crippen molar-refractivity contribution in [1.82, 2.24) is 5.01 Å². The number of hydrazone groups is 1. The van der Waals surface area contributed by atoms with Crippen molar-refractivity contribution in [2.75, 3.05) is 0 Å². The number of aromatic hydroxyl groups is 1. The highest BCUT2D eigenvalue weighted by molar-refractivity contribution is 7.12. The second-order valence-corrected chi connectivity index (χ2v) is 5.84. The molecular weight excluding hydrogens is 284 g/mol. The van der Waals surface area contributed by atoms with E-state index in [0.717, 1.165) is 16.2 Å². The van der Waals surface area contributed by atoms with Gasteiger partial charge in [-0.3, -0.25) is 4.79 Å². The van der Waals surface area contributed by atoms with Gasteiger partial charge in [0.05, 0.1) is 16.6 Å². The van der Waals surface area contributed by atoms with Gasteiger partial charge in [0.2, 0.25) is 5.91 Å². The Morgan fingerprint density at radius 2 is 2.19 bits per heavy atom. The highest BCUT2D eigenvalue weighted by Gasteiger charge is 2.33. The monoisotopic (exact) mass is 300 g/mol. The normalized spacial score (nSPS) is 17.9. The minimum absolute atomic E-state index is 0.0326. The van der Waals surface area contributed by atoms with Crippen LogP contribution in [0.5, 0.6) is 5.75 Å². The summed E-state index contributed by atoms with van der Waals surface area (Å²) in [6, 6.07) is 10.9. The summed E-state index contributed by atoms with van der Waals surface area (Å²) in [5.41, 5.74) is 1.65. The molecule has 0 spiro atoms. The second kappa shape index (κ2) is 5.69. The summed E-state index contributed by atoms with van der Waals surface area (Å²) in [5, 5.41) is 18.1. The number of para-hydroxylation sites is 1. The molecule has 0 saturated heterocycles. The lowest BCUT2D eigenvalue weighted by Crippen LogP contribution is -2.26. The maximum Gasteiger partial charge on any atom is 0.242 e. The van der Waals surface area contributed by atoms with Crippen LogP contribution in [-0.2, 0) is 4.79 Å². The molecule has 2 aromatic rings. The van der Waals surface area contributed by atoms with Crippen LogP contribution >= 0.6 is 11.3 Å². The van der Waals surface area contributed by atoms with E-state index in [1.807, 2.05) is 36.6 Å². The van der Waals surface area contributed by atoms with Gasteiger partial charge in [0.25, 0.3) is 0 Å². The molecular formula is C16H16N2O2S. The highest BCUT2D eigenvalue weighted by Crippen LogP contribution is 2.37. The molecule has 1 atom stereocenters. The third kappa shape index (κ3) is 2.56. The van der Waals surface area contributed by atoms with Crippen molar-refractivity contribution < 1.29 is 9.90 Å². The van der Waals surface area contributed by atoms with E-state index in [4.69, 9.17) is 0 Å². The summed E-state index contributed by atoms with van der Waals surface area (Å²) in [5.74, 6) is 0.175. The summed E-state index contributed by atoms with van der Waals surface area (Å²) < 4.78 is 0. The van der Waals surface area contributed by atoms with E-state index in [9.17, 15) is 9.90 Å². The van der Waals surface area contributed by atoms with Crippen molar-refractivity contribution in [1.29, 1.82) is 0 Å². The van der Waals surface area contributed by atoms with Crippen LogP contribution in [0.25, 0.3) is 0 Å². The Bertz CT molecular complexity index is 679.